The van der Waals surface area contributed by atoms with Crippen LogP contribution in [0.4, 0.5) is 0 Å². The van der Waals surface area contributed by atoms with Crippen molar-refractivity contribution < 1.29 is 28.0 Å². The van der Waals surface area contributed by atoms with Crippen LogP contribution in [-0.2, 0) is 34.6 Å². The van der Waals surface area contributed by atoms with E-state index in [1.807, 2.05) is 36.4 Å². The van der Waals surface area contributed by atoms with E-state index in [0.29, 0.717) is 11.3 Å². The summed E-state index contributed by atoms with van der Waals surface area (Å²) in [6, 6.07) is 9.72. The van der Waals surface area contributed by atoms with Crippen LogP contribution in [0.3, 0.4) is 0 Å². The maximum absolute atomic E-state index is 12.9. The number of rotatable bonds is 7. The van der Waals surface area contributed by atoms with Crippen molar-refractivity contribution in [2.75, 3.05) is 0 Å². The number of nitrogens with zero attached hydrogens (tertiary/aromatic N) is 1. The summed E-state index contributed by atoms with van der Waals surface area (Å²) in [6.07, 6.45) is 2.47. The zero-order valence-corrected chi connectivity index (χ0v) is 24.0. The van der Waals surface area contributed by atoms with E-state index in [4.69, 9.17) is 18.4 Å². The number of amides is 1. The van der Waals surface area contributed by atoms with Crippen molar-refractivity contribution >= 4 is 28.5 Å². The minimum absolute atomic E-state index is 0.0614. The van der Waals surface area contributed by atoms with E-state index in [0.717, 1.165) is 5.56 Å². The Balaban J connectivity index is 1.77. The number of carbonyl (C=O) groups is 2. The Morgan fingerprint density at radius 2 is 1.71 bits per heavy atom. The second-order valence-corrected chi connectivity index (χ2v) is 21.3. The lowest BCUT2D eigenvalue weighted by Crippen LogP contribution is -2.73. The Morgan fingerprint density at radius 3 is 2.29 bits per heavy atom. The Bertz CT molecular complexity index is 1070. The molecule has 0 radical (unpaired) electrons. The fourth-order valence-corrected chi connectivity index (χ4v) is 6.72. The van der Waals surface area contributed by atoms with Gasteiger partial charge >= 0.3 is 5.97 Å². The summed E-state index contributed by atoms with van der Waals surface area (Å²) in [5, 5.41) is 1.36. The summed E-state index contributed by atoms with van der Waals surface area (Å²) >= 11 is 0. The Morgan fingerprint density at radius 1 is 1.06 bits per heavy atom. The molecule has 35 heavy (non-hydrogen) atoms. The molecule has 1 spiro atoms. The van der Waals surface area contributed by atoms with Gasteiger partial charge in [0.05, 0.1) is 6.42 Å². The second kappa shape index (κ2) is 8.81. The van der Waals surface area contributed by atoms with Gasteiger partial charge in [-0.2, -0.15) is 0 Å². The van der Waals surface area contributed by atoms with E-state index in [1.54, 1.807) is 0 Å². The Labute approximate surface area is 210 Å². The first-order valence-corrected chi connectivity index (χ1v) is 18.5. The lowest BCUT2D eigenvalue weighted by Gasteiger charge is -2.57. The predicted molar refractivity (Wildman–Crippen MR) is 138 cm³/mol. The molecule has 1 amide bonds. The maximum Gasteiger partial charge on any atom is 0.336 e. The highest BCUT2D eigenvalue weighted by molar-refractivity contribution is 6.74. The van der Waals surface area contributed by atoms with Crippen molar-refractivity contribution in [2.24, 2.45) is 0 Å². The van der Waals surface area contributed by atoms with Crippen molar-refractivity contribution in [3.8, 4) is 0 Å². The minimum Gasteiger partial charge on any atom is -0.423 e. The maximum atomic E-state index is 12.9. The molecule has 0 aromatic heterocycles. The summed E-state index contributed by atoms with van der Waals surface area (Å²) < 4.78 is 19.3. The van der Waals surface area contributed by atoms with E-state index in [1.165, 1.54) is 11.1 Å². The zero-order chi connectivity index (χ0) is 25.8. The van der Waals surface area contributed by atoms with E-state index in [9.17, 15) is 9.59 Å². The van der Waals surface area contributed by atoms with E-state index in [-0.39, 0.29) is 24.0 Å². The highest BCUT2D eigenvalue weighted by Crippen LogP contribution is 2.51. The standard InChI is InChI=1S/C26H37NO6Si2/c1-25(2,3)35(7,8)32-23-19-14-22(29)31-20(19)15-26(24(23)33-34(4,5)6)16-21(28)27(26)30-17-18-12-10-9-11-13-18/h9-15,23-24H,16-17H2,1-8H3/t23-,24-,26+/m1/s1. The largest absolute Gasteiger partial charge is 0.423 e. The van der Waals surface area contributed by atoms with Gasteiger partial charge < -0.3 is 13.6 Å². The number of carbonyl (C=O) groups excluding carboxylic acids is 2. The minimum atomic E-state index is -2.30. The fourth-order valence-electron chi connectivity index (χ4n) is 4.39. The van der Waals surface area contributed by atoms with Crippen LogP contribution in [0.15, 0.2) is 53.8 Å². The van der Waals surface area contributed by atoms with Gasteiger partial charge in [0.1, 0.15) is 30.1 Å². The number of hydroxylamine groups is 2. The van der Waals surface area contributed by atoms with Crippen molar-refractivity contribution in [1.82, 2.24) is 5.06 Å². The van der Waals surface area contributed by atoms with E-state index < -0.39 is 40.4 Å². The molecule has 1 saturated heterocycles. The van der Waals surface area contributed by atoms with Gasteiger partial charge in [0.25, 0.3) is 0 Å². The molecule has 1 fully saturated rings. The van der Waals surface area contributed by atoms with Gasteiger partial charge in [-0.25, -0.2) is 9.86 Å². The fraction of sp³-hybridized carbons (Fsp3) is 0.538. The van der Waals surface area contributed by atoms with Crippen molar-refractivity contribution in [1.29, 1.82) is 0 Å². The molecule has 1 aromatic carbocycles. The van der Waals surface area contributed by atoms with Crippen molar-refractivity contribution in [2.45, 2.75) is 89.3 Å². The molecule has 9 heteroatoms. The molecule has 0 N–H and O–H groups in total. The summed E-state index contributed by atoms with van der Waals surface area (Å²) in [5.74, 6) is -0.124. The van der Waals surface area contributed by atoms with Gasteiger partial charge in [-0.15, -0.1) is 0 Å². The van der Waals surface area contributed by atoms with Crippen molar-refractivity contribution in [3.63, 3.8) is 0 Å². The monoisotopic (exact) mass is 515 g/mol. The van der Waals surface area contributed by atoms with Crippen LogP contribution >= 0.6 is 0 Å². The number of ether oxygens (including phenoxy) is 1. The first-order valence-electron chi connectivity index (χ1n) is 12.2. The Kier molecular flexibility index (Phi) is 6.55. The Hall–Kier alpha value is -2.05. The topological polar surface area (TPSA) is 74.3 Å². The molecule has 190 valence electrons. The molecule has 0 saturated carbocycles. The molecule has 2 heterocycles. The molecule has 0 bridgehead atoms. The number of fused-ring (bicyclic) bond motifs is 1. The molecule has 1 aromatic rings. The number of hydrogen-bond donors (Lipinski definition) is 0. The van der Waals surface area contributed by atoms with Gasteiger partial charge in [0.15, 0.2) is 16.6 Å². The first kappa shape index (κ1) is 26.0. The number of esters is 1. The molecule has 0 unspecified atom stereocenters. The van der Waals surface area contributed by atoms with E-state index >= 15 is 0 Å². The normalized spacial score (nSPS) is 26.8. The quantitative estimate of drug-likeness (QED) is 0.286. The van der Waals surface area contributed by atoms with Crippen LogP contribution in [0.5, 0.6) is 0 Å². The van der Waals surface area contributed by atoms with Crippen LogP contribution in [-0.4, -0.2) is 51.3 Å². The van der Waals surface area contributed by atoms with E-state index in [2.05, 4.69) is 53.5 Å². The van der Waals surface area contributed by atoms with Crippen LogP contribution in [0.25, 0.3) is 0 Å². The number of β-lactam (4-membered cyclic amide) rings is 1. The van der Waals surface area contributed by atoms with Crippen LogP contribution in [0, 0.1) is 0 Å². The van der Waals surface area contributed by atoms with Crippen LogP contribution in [0.2, 0.25) is 37.8 Å². The highest BCUT2D eigenvalue weighted by atomic mass is 28.4. The average Bonchev–Trinajstić information content (AvgIpc) is 3.09. The zero-order valence-electron chi connectivity index (χ0n) is 22.0. The number of hydrogen-bond acceptors (Lipinski definition) is 6. The molecular formula is C26H37NO6Si2. The summed E-state index contributed by atoms with van der Waals surface area (Å²) in [7, 11) is -4.42. The second-order valence-electron chi connectivity index (χ2n) is 12.1. The van der Waals surface area contributed by atoms with Gasteiger partial charge in [-0.3, -0.25) is 9.63 Å². The summed E-state index contributed by atoms with van der Waals surface area (Å²) in [6.45, 7) is 17.5. The lowest BCUT2D eigenvalue weighted by atomic mass is 9.72. The highest BCUT2D eigenvalue weighted by Gasteiger charge is 2.64. The lowest BCUT2D eigenvalue weighted by molar-refractivity contribution is -0.273. The summed E-state index contributed by atoms with van der Waals surface area (Å²) in [4.78, 5) is 31.4. The smallest absolute Gasteiger partial charge is 0.336 e. The molecule has 1 aliphatic carbocycles. The third-order valence-corrected chi connectivity index (χ3v) is 12.6. The molecule has 2 aliphatic heterocycles. The number of benzene rings is 1. The predicted octanol–water partition coefficient (Wildman–Crippen LogP) is 5.08. The molecule has 7 nitrogen and oxygen atoms in total. The molecule has 4 rings (SSSR count). The average molecular weight is 516 g/mol. The molecule has 3 atom stereocenters. The van der Waals surface area contributed by atoms with Crippen LogP contribution < -0.4 is 0 Å². The van der Waals surface area contributed by atoms with Gasteiger partial charge in [-0.05, 0) is 49.4 Å². The first-order chi connectivity index (χ1) is 16.1. The summed E-state index contributed by atoms with van der Waals surface area (Å²) in [5.41, 5.74) is 0.725. The van der Waals surface area contributed by atoms with Gasteiger partial charge in [0, 0.05) is 11.6 Å². The SMILES string of the molecule is CC(C)(C)[Si](C)(C)O[C@@H]1C2=CC(=O)OC2=C[C@]2(CC(=O)N2OCc2ccccc2)[C@@H]1O[Si](C)(C)C. The third-order valence-electron chi connectivity index (χ3n) is 7.17. The molecule has 3 aliphatic rings. The third kappa shape index (κ3) is 4.97. The van der Waals surface area contributed by atoms with Crippen LogP contribution in [0.1, 0.15) is 32.8 Å². The van der Waals surface area contributed by atoms with Gasteiger partial charge in [0.2, 0.25) is 5.91 Å². The van der Waals surface area contributed by atoms with Gasteiger partial charge in [-0.1, -0.05) is 51.1 Å². The van der Waals surface area contributed by atoms with Crippen molar-refractivity contribution in [3.05, 3.63) is 59.4 Å². The molecular weight excluding hydrogens is 478 g/mol.